The Hall–Kier alpha value is -3.96. The lowest BCUT2D eigenvalue weighted by molar-refractivity contribution is -0.276. The normalized spacial score (nSPS) is 23.1. The maximum atomic E-state index is 12.8. The number of piperidine rings is 1. The fourth-order valence-corrected chi connectivity index (χ4v) is 6.44. The topological polar surface area (TPSA) is 121 Å². The maximum Gasteiger partial charge on any atom is 0.326 e. The Bertz CT molecular complexity index is 1610. The van der Waals surface area contributed by atoms with Gasteiger partial charge in [0, 0.05) is 49.4 Å². The molecule has 4 aromatic rings. The summed E-state index contributed by atoms with van der Waals surface area (Å²) in [5.41, 5.74) is 5.25. The number of carbonyl (C=O) groups excluding carboxylic acids is 1. The van der Waals surface area contributed by atoms with Gasteiger partial charge in [-0.05, 0) is 55.2 Å². The molecule has 2 saturated heterocycles. The summed E-state index contributed by atoms with van der Waals surface area (Å²) in [6.45, 7) is 7.07. The van der Waals surface area contributed by atoms with Crippen molar-refractivity contribution < 1.29 is 19.4 Å². The summed E-state index contributed by atoms with van der Waals surface area (Å²) in [5.74, 6) is 0.0684. The van der Waals surface area contributed by atoms with E-state index >= 15 is 0 Å². The van der Waals surface area contributed by atoms with Crippen LogP contribution in [0.2, 0.25) is 0 Å². The van der Waals surface area contributed by atoms with Gasteiger partial charge in [0.2, 0.25) is 0 Å². The number of fused-ring (bicyclic) bond motifs is 1. The van der Waals surface area contributed by atoms with Crippen molar-refractivity contribution in [2.24, 2.45) is 5.92 Å². The number of likely N-dealkylation sites (tertiary alicyclic amines) is 1. The van der Waals surface area contributed by atoms with Gasteiger partial charge >= 0.3 is 11.7 Å². The van der Waals surface area contributed by atoms with Crippen molar-refractivity contribution in [2.45, 2.75) is 57.8 Å². The highest BCUT2D eigenvalue weighted by atomic mass is 16.7. The Morgan fingerprint density at radius 3 is 2.39 bits per heavy atom. The van der Waals surface area contributed by atoms with E-state index in [4.69, 9.17) is 9.47 Å². The molecular weight excluding hydrogens is 558 g/mol. The molecule has 10 heteroatoms. The molecule has 6 rings (SSSR count). The average molecular weight is 600 g/mol. The van der Waals surface area contributed by atoms with Crippen LogP contribution in [0.1, 0.15) is 61.8 Å². The highest BCUT2D eigenvalue weighted by molar-refractivity contribution is 5.89. The van der Waals surface area contributed by atoms with Crippen LogP contribution >= 0.6 is 0 Å². The number of anilines is 1. The molecule has 3 aromatic carbocycles. The molecule has 10 nitrogen and oxygen atoms in total. The van der Waals surface area contributed by atoms with E-state index in [-0.39, 0.29) is 42.5 Å². The molecule has 0 spiro atoms. The number of aliphatic hydroxyl groups is 1. The molecule has 3 heterocycles. The van der Waals surface area contributed by atoms with E-state index in [2.05, 4.69) is 27.4 Å². The van der Waals surface area contributed by atoms with Crippen LogP contribution in [0.25, 0.3) is 11.0 Å². The minimum absolute atomic E-state index is 0.00694. The van der Waals surface area contributed by atoms with E-state index in [1.807, 2.05) is 84.3 Å². The predicted molar refractivity (Wildman–Crippen MR) is 169 cm³/mol. The van der Waals surface area contributed by atoms with Gasteiger partial charge in [-0.25, -0.2) is 9.59 Å². The zero-order valence-electron chi connectivity index (χ0n) is 25.2. The van der Waals surface area contributed by atoms with Crippen molar-refractivity contribution in [2.75, 3.05) is 31.5 Å². The number of aromatic amines is 1. The quantitative estimate of drug-likeness (QED) is 0.224. The first-order chi connectivity index (χ1) is 21.4. The lowest BCUT2D eigenvalue weighted by atomic mass is 9.89. The lowest BCUT2D eigenvalue weighted by Crippen LogP contribution is -2.47. The number of hydrogen-bond acceptors (Lipinski definition) is 6. The van der Waals surface area contributed by atoms with E-state index in [0.29, 0.717) is 12.2 Å². The number of para-hydroxylation sites is 2. The van der Waals surface area contributed by atoms with Gasteiger partial charge in [0.1, 0.15) is 0 Å². The van der Waals surface area contributed by atoms with Gasteiger partial charge in [-0.1, -0.05) is 55.5 Å². The first kappa shape index (κ1) is 30.1. The fourth-order valence-electron chi connectivity index (χ4n) is 6.44. The second kappa shape index (κ2) is 13.4. The van der Waals surface area contributed by atoms with Crippen LogP contribution in [-0.4, -0.2) is 57.9 Å². The number of rotatable bonds is 8. The zero-order chi connectivity index (χ0) is 30.6. The predicted octanol–water partition coefficient (Wildman–Crippen LogP) is 5.09. The third kappa shape index (κ3) is 6.44. The van der Waals surface area contributed by atoms with E-state index in [9.17, 15) is 14.7 Å². The lowest BCUT2D eigenvalue weighted by Gasteiger charge is -2.44. The van der Waals surface area contributed by atoms with Crippen LogP contribution in [0.3, 0.4) is 0 Å². The minimum Gasteiger partial charge on any atom is -0.392 e. The third-order valence-corrected chi connectivity index (χ3v) is 8.89. The molecule has 0 aliphatic carbocycles. The van der Waals surface area contributed by atoms with Crippen LogP contribution in [0.4, 0.5) is 10.5 Å². The molecular formula is C34H41N5O5. The van der Waals surface area contributed by atoms with E-state index < -0.39 is 6.29 Å². The molecule has 2 aliphatic rings. The molecule has 4 atom stereocenters. The van der Waals surface area contributed by atoms with Crippen LogP contribution in [-0.2, 0) is 16.1 Å². The number of ether oxygens (including phenoxy) is 2. The molecule has 232 valence electrons. The standard InChI is InChI=1S/C34H41N5O5/c1-3-35-33(41)36-26-14-12-25(13-15-26)32-43-30(22(2)31(44-32)24-10-8-23(21-40)9-11-24)20-38-18-16-27(17-19-38)39-29-7-5-4-6-28(29)37-34(39)42/h4-15,22,27,30-32,40H,3,16-21H2,1-2H3,(H,37,42)(H2,35,36,41)/t22-,30+,31+,32+/m1/s1. The first-order valence-electron chi connectivity index (χ1n) is 15.5. The number of nitrogens with zero attached hydrogens (tertiary/aromatic N) is 2. The van der Waals surface area contributed by atoms with Gasteiger partial charge in [-0.3, -0.25) is 4.57 Å². The largest absolute Gasteiger partial charge is 0.392 e. The monoisotopic (exact) mass is 599 g/mol. The van der Waals surface area contributed by atoms with Crippen molar-refractivity contribution in [1.29, 1.82) is 0 Å². The first-order valence-corrected chi connectivity index (χ1v) is 15.5. The number of carbonyl (C=O) groups is 1. The highest BCUT2D eigenvalue weighted by Crippen LogP contribution is 2.42. The summed E-state index contributed by atoms with van der Waals surface area (Å²) in [7, 11) is 0. The Morgan fingerprint density at radius 1 is 0.977 bits per heavy atom. The summed E-state index contributed by atoms with van der Waals surface area (Å²) in [4.78, 5) is 30.2. The van der Waals surface area contributed by atoms with Crippen LogP contribution < -0.4 is 16.3 Å². The molecule has 4 N–H and O–H groups in total. The summed E-state index contributed by atoms with van der Waals surface area (Å²) < 4.78 is 15.2. The summed E-state index contributed by atoms with van der Waals surface area (Å²) in [6.07, 6.45) is 0.877. The molecule has 0 bridgehead atoms. The second-order valence-electron chi connectivity index (χ2n) is 11.8. The van der Waals surface area contributed by atoms with E-state index in [1.165, 1.54) is 0 Å². The number of hydrogen-bond donors (Lipinski definition) is 4. The molecule has 1 aromatic heterocycles. The Kier molecular flexibility index (Phi) is 9.13. The maximum absolute atomic E-state index is 12.8. The number of benzene rings is 3. The second-order valence-corrected chi connectivity index (χ2v) is 11.8. The number of nitrogens with one attached hydrogen (secondary N) is 3. The Balaban J connectivity index is 1.18. The van der Waals surface area contributed by atoms with Gasteiger partial charge in [0.05, 0.1) is 29.8 Å². The number of imidazole rings is 1. The van der Waals surface area contributed by atoms with Gasteiger partial charge < -0.3 is 35.1 Å². The van der Waals surface area contributed by atoms with Crippen molar-refractivity contribution in [3.05, 3.63) is 100.0 Å². The molecule has 0 radical (unpaired) electrons. The van der Waals surface area contributed by atoms with E-state index in [0.717, 1.165) is 60.2 Å². The van der Waals surface area contributed by atoms with Gasteiger partial charge in [0.15, 0.2) is 6.29 Å². The Morgan fingerprint density at radius 2 is 1.68 bits per heavy atom. The van der Waals surface area contributed by atoms with Crippen molar-refractivity contribution >= 4 is 22.8 Å². The summed E-state index contributed by atoms with van der Waals surface area (Å²) in [5, 5.41) is 15.1. The highest BCUT2D eigenvalue weighted by Gasteiger charge is 2.39. The van der Waals surface area contributed by atoms with E-state index in [1.54, 1.807) is 0 Å². The van der Waals surface area contributed by atoms with Crippen LogP contribution in [0.15, 0.2) is 77.6 Å². The number of aliphatic hydroxyl groups excluding tert-OH is 1. The molecule has 44 heavy (non-hydrogen) atoms. The smallest absolute Gasteiger partial charge is 0.326 e. The molecule has 2 aliphatic heterocycles. The molecule has 2 amide bonds. The average Bonchev–Trinajstić information content (AvgIpc) is 3.38. The number of H-pyrrole nitrogens is 1. The third-order valence-electron chi connectivity index (χ3n) is 8.89. The fraction of sp³-hybridized carbons (Fsp3) is 0.412. The van der Waals surface area contributed by atoms with Crippen LogP contribution in [0.5, 0.6) is 0 Å². The van der Waals surface area contributed by atoms with Gasteiger partial charge in [-0.15, -0.1) is 0 Å². The zero-order valence-corrected chi connectivity index (χ0v) is 25.2. The minimum atomic E-state index is -0.584. The van der Waals surface area contributed by atoms with Crippen LogP contribution in [0, 0.1) is 5.92 Å². The Labute approximate surface area is 257 Å². The van der Waals surface area contributed by atoms with Crippen molar-refractivity contribution in [3.8, 4) is 0 Å². The van der Waals surface area contributed by atoms with Gasteiger partial charge in [-0.2, -0.15) is 0 Å². The number of urea groups is 1. The summed E-state index contributed by atoms with van der Waals surface area (Å²) in [6, 6.07) is 23.3. The van der Waals surface area contributed by atoms with Crippen molar-refractivity contribution in [1.82, 2.24) is 19.8 Å². The van der Waals surface area contributed by atoms with Gasteiger partial charge in [0.25, 0.3) is 0 Å². The molecule has 0 unspecified atom stereocenters. The van der Waals surface area contributed by atoms with Crippen molar-refractivity contribution in [3.63, 3.8) is 0 Å². The number of amides is 2. The molecule has 0 saturated carbocycles. The molecule has 2 fully saturated rings. The SMILES string of the molecule is CCNC(=O)Nc1ccc([C@H]2O[C@@H](CN3CCC(n4c(=O)[nH]c5ccccc54)CC3)[C@@H](C)[C@@H](c3ccc(CO)cc3)O2)cc1. The summed E-state index contributed by atoms with van der Waals surface area (Å²) >= 11 is 0. The number of aromatic nitrogens is 2.